The lowest BCUT2D eigenvalue weighted by atomic mass is 9.79. The van der Waals surface area contributed by atoms with E-state index in [1.807, 2.05) is 18.2 Å². The molecule has 1 atom stereocenters. The molecule has 0 bridgehead atoms. The van der Waals surface area contributed by atoms with E-state index >= 15 is 0 Å². The van der Waals surface area contributed by atoms with Crippen molar-refractivity contribution in [1.29, 1.82) is 0 Å². The molecule has 0 saturated heterocycles. The summed E-state index contributed by atoms with van der Waals surface area (Å²) in [5, 5.41) is 0.545. The van der Waals surface area contributed by atoms with E-state index in [9.17, 15) is 9.59 Å². The van der Waals surface area contributed by atoms with Crippen molar-refractivity contribution >= 4 is 23.4 Å². The quantitative estimate of drug-likeness (QED) is 0.288. The van der Waals surface area contributed by atoms with Crippen LogP contribution in [-0.4, -0.2) is 11.8 Å². The molecule has 33 heavy (non-hydrogen) atoms. The molecular weight excluding hydrogens is 432 g/mol. The Balaban J connectivity index is 2.03. The topological polar surface area (TPSA) is 43.4 Å². The molecule has 0 aliphatic heterocycles. The fourth-order valence-corrected chi connectivity index (χ4v) is 3.58. The lowest BCUT2D eigenvalue weighted by molar-refractivity contribution is 0.0279. The normalized spacial score (nSPS) is 12.8. The second-order valence-corrected chi connectivity index (χ2v) is 10.8. The van der Waals surface area contributed by atoms with Crippen LogP contribution in [0.25, 0.3) is 0 Å². The largest absolute Gasteiger partial charge is 0.445 e. The molecule has 0 aliphatic rings. The van der Waals surface area contributed by atoms with E-state index in [2.05, 4.69) is 47.6 Å². The second kappa shape index (κ2) is 9.52. The van der Waals surface area contributed by atoms with Crippen molar-refractivity contribution in [1.82, 2.24) is 0 Å². The van der Waals surface area contributed by atoms with Crippen LogP contribution in [0.2, 0.25) is 5.02 Å². The zero-order valence-electron chi connectivity index (χ0n) is 20.1. The van der Waals surface area contributed by atoms with Crippen LogP contribution in [0.15, 0.2) is 72.8 Å². The molecule has 0 amide bonds. The summed E-state index contributed by atoms with van der Waals surface area (Å²) in [5.41, 5.74) is 3.27. The Labute approximate surface area is 201 Å². The molecule has 0 heterocycles. The number of ketones is 1. The number of esters is 1. The highest BCUT2D eigenvalue weighted by molar-refractivity contribution is 6.30. The highest BCUT2D eigenvalue weighted by atomic mass is 35.5. The predicted molar refractivity (Wildman–Crippen MR) is 134 cm³/mol. The molecule has 3 aromatic carbocycles. The van der Waals surface area contributed by atoms with Gasteiger partial charge in [0.1, 0.15) is 0 Å². The first-order valence-electron chi connectivity index (χ1n) is 11.1. The zero-order valence-corrected chi connectivity index (χ0v) is 20.9. The van der Waals surface area contributed by atoms with Gasteiger partial charge in [0.15, 0.2) is 6.10 Å². The number of carbonyl (C=O) groups excluding carboxylic acids is 2. The van der Waals surface area contributed by atoms with E-state index in [0.717, 1.165) is 11.1 Å². The minimum absolute atomic E-state index is 0.147. The summed E-state index contributed by atoms with van der Waals surface area (Å²) >= 11 is 6.04. The third kappa shape index (κ3) is 6.11. The number of rotatable bonds is 5. The summed E-state index contributed by atoms with van der Waals surface area (Å²) in [4.78, 5) is 26.7. The van der Waals surface area contributed by atoms with E-state index in [1.54, 1.807) is 48.5 Å². The molecule has 4 heteroatoms. The fraction of sp³-hybridized carbons (Fsp3) is 0.310. The van der Waals surface area contributed by atoms with Crippen molar-refractivity contribution in [3.05, 3.63) is 106 Å². The first-order valence-corrected chi connectivity index (χ1v) is 11.5. The van der Waals surface area contributed by atoms with Gasteiger partial charge in [-0.1, -0.05) is 102 Å². The van der Waals surface area contributed by atoms with E-state index < -0.39 is 12.1 Å². The number of ether oxygens (including phenoxy) is 1. The van der Waals surface area contributed by atoms with Crippen LogP contribution in [0.3, 0.4) is 0 Å². The van der Waals surface area contributed by atoms with Crippen LogP contribution >= 0.6 is 11.6 Å². The third-order valence-corrected chi connectivity index (χ3v) is 5.85. The number of benzene rings is 3. The van der Waals surface area contributed by atoms with Gasteiger partial charge < -0.3 is 4.74 Å². The Kier molecular flexibility index (Phi) is 7.14. The molecule has 172 valence electrons. The lowest BCUT2D eigenvalue weighted by Crippen LogP contribution is -2.22. The average molecular weight is 463 g/mol. The van der Waals surface area contributed by atoms with Crippen molar-refractivity contribution in [2.45, 2.75) is 58.5 Å². The summed E-state index contributed by atoms with van der Waals surface area (Å²) in [6.07, 6.45) is -1.08. The van der Waals surface area contributed by atoms with Crippen molar-refractivity contribution in [2.24, 2.45) is 0 Å². The van der Waals surface area contributed by atoms with Crippen LogP contribution in [0, 0.1) is 0 Å². The third-order valence-electron chi connectivity index (χ3n) is 5.59. The molecular formula is C29H31ClO3. The van der Waals surface area contributed by atoms with E-state index in [4.69, 9.17) is 16.3 Å². The van der Waals surface area contributed by atoms with Crippen LogP contribution < -0.4 is 0 Å². The average Bonchev–Trinajstić information content (AvgIpc) is 2.76. The molecule has 0 aromatic heterocycles. The van der Waals surface area contributed by atoms with Crippen molar-refractivity contribution in [3.8, 4) is 0 Å². The molecule has 3 nitrogen and oxygen atoms in total. The van der Waals surface area contributed by atoms with Gasteiger partial charge in [-0.15, -0.1) is 0 Å². The number of hydrogen-bond donors (Lipinski definition) is 0. The molecule has 0 unspecified atom stereocenters. The van der Waals surface area contributed by atoms with Gasteiger partial charge in [0.05, 0.1) is 5.56 Å². The first kappa shape index (κ1) is 24.7. The maximum Gasteiger partial charge on any atom is 0.339 e. The SMILES string of the molecule is CC(C)(C)c1cc(C(=O)O[C@@H](C(=O)c2ccccc2)c2ccc(Cl)cc2)cc(C(C)(C)C)c1. The highest BCUT2D eigenvalue weighted by Crippen LogP contribution is 2.32. The lowest BCUT2D eigenvalue weighted by Gasteiger charge is -2.26. The summed E-state index contributed by atoms with van der Waals surface area (Å²) in [6, 6.07) is 21.5. The number of hydrogen-bond acceptors (Lipinski definition) is 3. The van der Waals surface area contributed by atoms with Gasteiger partial charge in [0, 0.05) is 16.1 Å². The highest BCUT2D eigenvalue weighted by Gasteiger charge is 2.28. The number of Topliss-reactive ketones (excluding diaryl/α,β-unsaturated/α-hetero) is 1. The van der Waals surface area contributed by atoms with Crippen molar-refractivity contribution in [2.75, 3.05) is 0 Å². The Morgan fingerprint density at radius 2 is 1.24 bits per heavy atom. The van der Waals surface area contributed by atoms with E-state index in [-0.39, 0.29) is 16.6 Å². The standard InChI is InChI=1S/C29H31ClO3/c1-28(2,3)22-16-21(17-23(18-22)29(4,5)6)27(32)33-26(20-12-14-24(30)15-13-20)25(31)19-10-8-7-9-11-19/h7-18,26H,1-6H3/t26-/m1/s1. The molecule has 0 aliphatic carbocycles. The van der Waals surface area contributed by atoms with Gasteiger partial charge in [-0.2, -0.15) is 0 Å². The fourth-order valence-electron chi connectivity index (χ4n) is 3.45. The van der Waals surface area contributed by atoms with E-state index in [1.165, 1.54) is 0 Å². The molecule has 3 rings (SSSR count). The molecule has 0 N–H and O–H groups in total. The Morgan fingerprint density at radius 1 is 0.727 bits per heavy atom. The number of carbonyl (C=O) groups is 2. The summed E-state index contributed by atoms with van der Waals surface area (Å²) in [5.74, 6) is -0.815. The second-order valence-electron chi connectivity index (χ2n) is 10.4. The van der Waals surface area contributed by atoms with Gasteiger partial charge >= 0.3 is 5.97 Å². The van der Waals surface area contributed by atoms with Crippen molar-refractivity contribution in [3.63, 3.8) is 0 Å². The first-order chi connectivity index (χ1) is 15.4. The Hall–Kier alpha value is -2.91. The molecule has 0 radical (unpaired) electrons. The van der Waals surface area contributed by atoms with Gasteiger partial charge in [-0.25, -0.2) is 4.79 Å². The molecule has 0 fully saturated rings. The molecule has 0 saturated carbocycles. The van der Waals surface area contributed by atoms with Crippen LogP contribution in [0.1, 0.15) is 85.1 Å². The Bertz CT molecular complexity index is 1100. The maximum atomic E-state index is 13.4. The van der Waals surface area contributed by atoms with Gasteiger partial charge in [0.2, 0.25) is 5.78 Å². The summed E-state index contributed by atoms with van der Waals surface area (Å²) in [7, 11) is 0. The minimum Gasteiger partial charge on any atom is -0.445 e. The van der Waals surface area contributed by atoms with Crippen molar-refractivity contribution < 1.29 is 14.3 Å². The zero-order chi connectivity index (χ0) is 24.4. The predicted octanol–water partition coefficient (Wildman–Crippen LogP) is 7.72. The molecule has 3 aromatic rings. The number of halogens is 1. The Morgan fingerprint density at radius 3 is 1.73 bits per heavy atom. The summed E-state index contributed by atoms with van der Waals surface area (Å²) < 4.78 is 5.88. The molecule has 0 spiro atoms. The monoisotopic (exact) mass is 462 g/mol. The van der Waals surface area contributed by atoms with E-state index in [0.29, 0.717) is 21.7 Å². The minimum atomic E-state index is -1.08. The summed E-state index contributed by atoms with van der Waals surface area (Å²) in [6.45, 7) is 12.7. The van der Waals surface area contributed by atoms with Crippen LogP contribution in [0.5, 0.6) is 0 Å². The van der Waals surface area contributed by atoms with Gasteiger partial charge in [0.25, 0.3) is 0 Å². The van der Waals surface area contributed by atoms with Crippen LogP contribution in [0.4, 0.5) is 0 Å². The van der Waals surface area contributed by atoms with Gasteiger partial charge in [-0.05, 0) is 46.2 Å². The van der Waals surface area contributed by atoms with Crippen LogP contribution in [-0.2, 0) is 15.6 Å². The van der Waals surface area contributed by atoms with Gasteiger partial charge in [-0.3, -0.25) is 4.79 Å². The smallest absolute Gasteiger partial charge is 0.339 e. The maximum absolute atomic E-state index is 13.4.